The lowest BCUT2D eigenvalue weighted by Crippen LogP contribution is -2.50. The van der Waals surface area contributed by atoms with E-state index in [2.05, 4.69) is 23.8 Å². The van der Waals surface area contributed by atoms with Crippen molar-refractivity contribution in [2.75, 3.05) is 46.0 Å². The predicted molar refractivity (Wildman–Crippen MR) is 122 cm³/mol. The van der Waals surface area contributed by atoms with Gasteiger partial charge in [-0.2, -0.15) is 5.10 Å². The van der Waals surface area contributed by atoms with Crippen LogP contribution in [0.5, 0.6) is 0 Å². The molecule has 2 N–H and O–H groups in total. The standard InChI is InChI=1S/C23H42N4O5/c1-18(2)8-14-32-22-16-27(19(3)28)12-11-26(15-20-7-9-24-25(20)4)10-5-6-13-31-17-21(29)23(22)30/h7,9,18,21-23,29-30H,5-6,8,10-17H2,1-4H3/t21-,22-,23-/m1/s1. The Bertz CT molecular complexity index is 669. The highest BCUT2D eigenvalue weighted by atomic mass is 16.5. The van der Waals surface area contributed by atoms with E-state index in [0.717, 1.165) is 38.0 Å². The highest BCUT2D eigenvalue weighted by Gasteiger charge is 2.30. The zero-order chi connectivity index (χ0) is 23.5. The number of rotatable bonds is 6. The van der Waals surface area contributed by atoms with Gasteiger partial charge in [0.2, 0.25) is 5.91 Å². The fourth-order valence-electron chi connectivity index (χ4n) is 3.72. The first-order valence-corrected chi connectivity index (χ1v) is 11.8. The second-order valence-corrected chi connectivity index (χ2v) is 9.12. The van der Waals surface area contributed by atoms with Crippen LogP contribution >= 0.6 is 0 Å². The zero-order valence-electron chi connectivity index (χ0n) is 20.2. The Balaban J connectivity index is 2.11. The van der Waals surface area contributed by atoms with Crippen LogP contribution < -0.4 is 0 Å². The Morgan fingerprint density at radius 1 is 1.28 bits per heavy atom. The van der Waals surface area contributed by atoms with Crippen molar-refractivity contribution in [1.82, 2.24) is 19.6 Å². The van der Waals surface area contributed by atoms with Crippen molar-refractivity contribution in [1.29, 1.82) is 0 Å². The monoisotopic (exact) mass is 454 g/mol. The number of hydrogen-bond acceptors (Lipinski definition) is 7. The summed E-state index contributed by atoms with van der Waals surface area (Å²) in [5.41, 5.74) is 1.12. The molecule has 3 atom stereocenters. The van der Waals surface area contributed by atoms with E-state index in [1.54, 1.807) is 11.1 Å². The highest BCUT2D eigenvalue weighted by Crippen LogP contribution is 2.13. The molecule has 1 aromatic heterocycles. The Hall–Kier alpha value is -1.52. The minimum atomic E-state index is -1.13. The number of aliphatic hydroxyl groups is 2. The Labute approximate surface area is 192 Å². The van der Waals surface area contributed by atoms with Crippen LogP contribution in [-0.2, 0) is 27.9 Å². The zero-order valence-corrected chi connectivity index (χ0v) is 20.2. The van der Waals surface area contributed by atoms with E-state index < -0.39 is 18.3 Å². The third kappa shape index (κ3) is 9.15. The summed E-state index contributed by atoms with van der Waals surface area (Å²) in [7, 11) is 1.93. The van der Waals surface area contributed by atoms with E-state index in [4.69, 9.17) is 9.47 Å². The minimum absolute atomic E-state index is 0.0456. The van der Waals surface area contributed by atoms with Gasteiger partial charge >= 0.3 is 0 Å². The van der Waals surface area contributed by atoms with Crippen molar-refractivity contribution in [3.05, 3.63) is 18.0 Å². The second kappa shape index (κ2) is 13.9. The van der Waals surface area contributed by atoms with Crippen molar-refractivity contribution >= 4 is 5.91 Å². The highest BCUT2D eigenvalue weighted by molar-refractivity contribution is 5.73. The lowest BCUT2D eigenvalue weighted by molar-refractivity contribution is -0.140. The van der Waals surface area contributed by atoms with Gasteiger partial charge in [-0.15, -0.1) is 0 Å². The van der Waals surface area contributed by atoms with Gasteiger partial charge in [-0.1, -0.05) is 13.8 Å². The van der Waals surface area contributed by atoms with Gasteiger partial charge in [-0.3, -0.25) is 14.4 Å². The smallest absolute Gasteiger partial charge is 0.219 e. The fourth-order valence-corrected chi connectivity index (χ4v) is 3.72. The van der Waals surface area contributed by atoms with Crippen LogP contribution in [0.2, 0.25) is 0 Å². The summed E-state index contributed by atoms with van der Waals surface area (Å²) >= 11 is 0. The molecule has 0 saturated carbocycles. The first kappa shape index (κ1) is 26.7. The van der Waals surface area contributed by atoms with E-state index in [9.17, 15) is 15.0 Å². The average Bonchev–Trinajstić information content (AvgIpc) is 3.14. The number of aryl methyl sites for hydroxylation is 1. The fraction of sp³-hybridized carbons (Fsp3) is 0.826. The summed E-state index contributed by atoms with van der Waals surface area (Å²) < 4.78 is 13.4. The summed E-state index contributed by atoms with van der Waals surface area (Å²) in [6.07, 6.45) is 1.57. The van der Waals surface area contributed by atoms with Crippen LogP contribution in [0, 0.1) is 5.92 Å². The van der Waals surface area contributed by atoms with Crippen LogP contribution in [0.3, 0.4) is 0 Å². The maximum Gasteiger partial charge on any atom is 0.219 e. The Morgan fingerprint density at radius 3 is 2.72 bits per heavy atom. The number of aliphatic hydroxyl groups excluding tert-OH is 2. The molecule has 1 fully saturated rings. The van der Waals surface area contributed by atoms with E-state index in [0.29, 0.717) is 32.2 Å². The molecule has 2 heterocycles. The average molecular weight is 455 g/mol. The van der Waals surface area contributed by atoms with Crippen molar-refractivity contribution < 1.29 is 24.5 Å². The molecule has 1 saturated heterocycles. The van der Waals surface area contributed by atoms with Crippen LogP contribution in [-0.4, -0.2) is 100 Å². The van der Waals surface area contributed by atoms with Gasteiger partial charge in [0, 0.05) is 59.6 Å². The molecule has 9 heteroatoms. The van der Waals surface area contributed by atoms with Gasteiger partial charge in [-0.05, 0) is 37.8 Å². The molecule has 1 aromatic rings. The lowest BCUT2D eigenvalue weighted by Gasteiger charge is -2.33. The molecule has 1 aliphatic heterocycles. The van der Waals surface area contributed by atoms with E-state index in [-0.39, 0.29) is 19.1 Å². The summed E-state index contributed by atoms with van der Waals surface area (Å²) in [4.78, 5) is 16.4. The molecule has 1 amide bonds. The normalized spacial score (nSPS) is 25.1. The van der Waals surface area contributed by atoms with Crippen LogP contribution in [0.1, 0.15) is 45.7 Å². The van der Waals surface area contributed by atoms with Gasteiger partial charge in [0.25, 0.3) is 0 Å². The summed E-state index contributed by atoms with van der Waals surface area (Å²) in [5, 5.41) is 25.4. The number of carbonyl (C=O) groups is 1. The first-order valence-electron chi connectivity index (χ1n) is 11.8. The van der Waals surface area contributed by atoms with Gasteiger partial charge in [-0.25, -0.2) is 0 Å². The number of ether oxygens (including phenoxy) is 2. The van der Waals surface area contributed by atoms with Gasteiger partial charge in [0.1, 0.15) is 18.3 Å². The Morgan fingerprint density at radius 2 is 2.06 bits per heavy atom. The molecule has 0 aromatic carbocycles. The molecule has 2 rings (SSSR count). The van der Waals surface area contributed by atoms with Crippen molar-refractivity contribution in [3.8, 4) is 0 Å². The van der Waals surface area contributed by atoms with E-state index in [1.807, 2.05) is 17.8 Å². The van der Waals surface area contributed by atoms with Crippen LogP contribution in [0.25, 0.3) is 0 Å². The number of nitrogens with zero attached hydrogens (tertiary/aromatic N) is 4. The quantitative estimate of drug-likeness (QED) is 0.662. The van der Waals surface area contributed by atoms with E-state index >= 15 is 0 Å². The number of hydrogen-bond donors (Lipinski definition) is 2. The molecular weight excluding hydrogens is 412 g/mol. The lowest BCUT2D eigenvalue weighted by atomic mass is 10.1. The molecule has 32 heavy (non-hydrogen) atoms. The summed E-state index contributed by atoms with van der Waals surface area (Å²) in [5.74, 6) is 0.386. The maximum atomic E-state index is 12.4. The van der Waals surface area contributed by atoms with Gasteiger partial charge in [0.05, 0.1) is 12.3 Å². The SMILES string of the molecule is CC(=O)N1CCN(Cc2ccnn2C)CCCCOC[C@@H](O)[C@@H](O)[C@H](OCCC(C)C)C1. The predicted octanol–water partition coefficient (Wildman–Crippen LogP) is 1.03. The van der Waals surface area contributed by atoms with Crippen molar-refractivity contribution in [2.24, 2.45) is 13.0 Å². The topological polar surface area (TPSA) is 100 Å². The number of carbonyl (C=O) groups excluding carboxylic acids is 1. The minimum Gasteiger partial charge on any atom is -0.388 e. The molecule has 0 aliphatic carbocycles. The molecule has 0 radical (unpaired) electrons. The first-order chi connectivity index (χ1) is 15.3. The molecule has 0 bridgehead atoms. The van der Waals surface area contributed by atoms with Crippen molar-refractivity contribution in [2.45, 2.75) is 64.9 Å². The number of aromatic nitrogens is 2. The third-order valence-electron chi connectivity index (χ3n) is 5.94. The molecular formula is C23H42N4O5. The number of amides is 1. The molecule has 0 unspecified atom stereocenters. The van der Waals surface area contributed by atoms with Gasteiger partial charge < -0.3 is 24.6 Å². The molecule has 184 valence electrons. The third-order valence-corrected chi connectivity index (χ3v) is 5.94. The molecule has 9 nitrogen and oxygen atoms in total. The maximum absolute atomic E-state index is 12.4. The molecule has 0 spiro atoms. The van der Waals surface area contributed by atoms with Gasteiger partial charge in [0.15, 0.2) is 0 Å². The summed E-state index contributed by atoms with van der Waals surface area (Å²) in [6, 6.07) is 2.01. The largest absolute Gasteiger partial charge is 0.388 e. The van der Waals surface area contributed by atoms with E-state index in [1.165, 1.54) is 6.92 Å². The van der Waals surface area contributed by atoms with Crippen molar-refractivity contribution in [3.63, 3.8) is 0 Å². The van der Waals surface area contributed by atoms with Crippen LogP contribution in [0.15, 0.2) is 12.3 Å². The van der Waals surface area contributed by atoms with Crippen LogP contribution in [0.4, 0.5) is 0 Å². The summed E-state index contributed by atoms with van der Waals surface area (Å²) in [6.45, 7) is 9.86. The Kier molecular flexibility index (Phi) is 11.6. The second-order valence-electron chi connectivity index (χ2n) is 9.12. The molecule has 1 aliphatic rings.